The topological polar surface area (TPSA) is 92.9 Å². The lowest BCUT2D eigenvalue weighted by Gasteiger charge is -2.40. The van der Waals surface area contributed by atoms with E-state index in [1.165, 1.54) is 36.3 Å². The average molecular weight is 328 g/mol. The first kappa shape index (κ1) is 15.9. The number of hydrogen-bond acceptors (Lipinski definition) is 6. The van der Waals surface area contributed by atoms with Crippen LogP contribution in [0, 0.1) is 10.1 Å². The minimum atomic E-state index is -1.04. The Hall–Kier alpha value is -2.93. The molecule has 2 aromatic carbocycles. The predicted octanol–water partition coefficient (Wildman–Crippen LogP) is 2.19. The van der Waals surface area contributed by atoms with Crippen molar-refractivity contribution in [3.05, 3.63) is 69.8 Å². The molecule has 1 aliphatic rings. The molecular formula is C17H16N2O5. The van der Waals surface area contributed by atoms with E-state index in [1.54, 1.807) is 6.07 Å². The molecule has 0 bridgehead atoms. The number of esters is 1. The van der Waals surface area contributed by atoms with Crippen LogP contribution in [0.5, 0.6) is 0 Å². The smallest absolute Gasteiger partial charge is 0.328 e. The van der Waals surface area contributed by atoms with Crippen LogP contribution in [-0.4, -0.2) is 29.2 Å². The molecule has 0 radical (unpaired) electrons. The highest BCUT2D eigenvalue weighted by molar-refractivity contribution is 5.81. The van der Waals surface area contributed by atoms with Crippen molar-refractivity contribution in [1.29, 1.82) is 0 Å². The Labute approximate surface area is 138 Å². The second-order valence-corrected chi connectivity index (χ2v) is 5.50. The number of benzene rings is 2. The summed E-state index contributed by atoms with van der Waals surface area (Å²) in [6.45, 7) is 0. The standard InChI is InChI=1S/C17H16N2O5/c1-24-17(21)15-10-11-4-2-3-5-14(11)16(20)18(15)12-6-8-13(9-7-12)19(22)23/h2-9,15-16,20H,10H2,1H3. The second kappa shape index (κ2) is 6.29. The molecule has 0 aromatic heterocycles. The number of non-ortho nitro benzene ring substituents is 1. The summed E-state index contributed by atoms with van der Waals surface area (Å²) in [7, 11) is 1.29. The summed E-state index contributed by atoms with van der Waals surface area (Å²) in [5.74, 6) is -0.470. The van der Waals surface area contributed by atoms with E-state index in [2.05, 4.69) is 0 Å². The van der Waals surface area contributed by atoms with Gasteiger partial charge in [-0.05, 0) is 17.7 Å². The van der Waals surface area contributed by atoms with Crippen molar-refractivity contribution in [2.45, 2.75) is 18.7 Å². The summed E-state index contributed by atoms with van der Waals surface area (Å²) < 4.78 is 4.87. The maximum Gasteiger partial charge on any atom is 0.328 e. The number of anilines is 1. The minimum Gasteiger partial charge on any atom is -0.467 e. The molecule has 1 heterocycles. The molecular weight excluding hydrogens is 312 g/mol. The zero-order chi connectivity index (χ0) is 17.3. The third-order valence-corrected chi connectivity index (χ3v) is 4.18. The van der Waals surface area contributed by atoms with Crippen LogP contribution in [0.15, 0.2) is 48.5 Å². The van der Waals surface area contributed by atoms with Gasteiger partial charge in [-0.1, -0.05) is 24.3 Å². The van der Waals surface area contributed by atoms with Crippen LogP contribution in [0.2, 0.25) is 0 Å². The summed E-state index contributed by atoms with van der Waals surface area (Å²) in [6.07, 6.45) is -0.655. The maximum atomic E-state index is 12.2. The van der Waals surface area contributed by atoms with E-state index in [4.69, 9.17) is 4.74 Å². The molecule has 124 valence electrons. The van der Waals surface area contributed by atoms with Gasteiger partial charge in [-0.25, -0.2) is 4.79 Å². The number of rotatable bonds is 3. The molecule has 3 rings (SSSR count). The maximum absolute atomic E-state index is 12.2. The zero-order valence-electron chi connectivity index (χ0n) is 13.0. The summed E-state index contributed by atoms with van der Waals surface area (Å²) in [5.41, 5.74) is 2.04. The number of methoxy groups -OCH3 is 1. The first-order valence-electron chi connectivity index (χ1n) is 7.39. The van der Waals surface area contributed by atoms with Crippen molar-refractivity contribution in [3.63, 3.8) is 0 Å². The van der Waals surface area contributed by atoms with Gasteiger partial charge in [-0.3, -0.25) is 10.1 Å². The number of nitro groups is 1. The Kier molecular flexibility index (Phi) is 4.18. The molecule has 1 aliphatic heterocycles. The van der Waals surface area contributed by atoms with Crippen LogP contribution in [0.4, 0.5) is 11.4 Å². The van der Waals surface area contributed by atoms with E-state index in [-0.39, 0.29) is 5.69 Å². The van der Waals surface area contributed by atoms with Crippen molar-refractivity contribution >= 4 is 17.3 Å². The van der Waals surface area contributed by atoms with Gasteiger partial charge in [0.2, 0.25) is 0 Å². The van der Waals surface area contributed by atoms with Crippen LogP contribution in [0.25, 0.3) is 0 Å². The number of nitro benzene ring substituents is 1. The Morgan fingerprint density at radius 3 is 2.54 bits per heavy atom. The van der Waals surface area contributed by atoms with Crippen molar-refractivity contribution in [2.24, 2.45) is 0 Å². The third-order valence-electron chi connectivity index (χ3n) is 4.18. The number of carbonyl (C=O) groups excluding carboxylic acids is 1. The van der Waals surface area contributed by atoms with Crippen molar-refractivity contribution in [1.82, 2.24) is 0 Å². The first-order valence-corrected chi connectivity index (χ1v) is 7.39. The molecule has 7 heteroatoms. The molecule has 0 aliphatic carbocycles. The van der Waals surface area contributed by atoms with Gasteiger partial charge in [0.1, 0.15) is 6.04 Å². The molecule has 0 saturated heterocycles. The number of carbonyl (C=O) groups is 1. The highest BCUT2D eigenvalue weighted by Crippen LogP contribution is 2.36. The quantitative estimate of drug-likeness (QED) is 0.527. The van der Waals surface area contributed by atoms with Gasteiger partial charge in [0, 0.05) is 29.8 Å². The number of aliphatic hydroxyl groups is 1. The molecule has 0 spiro atoms. The van der Waals surface area contributed by atoms with E-state index in [9.17, 15) is 20.0 Å². The fraction of sp³-hybridized carbons (Fsp3) is 0.235. The van der Waals surface area contributed by atoms with Crippen molar-refractivity contribution < 1.29 is 19.6 Å². The SMILES string of the molecule is COC(=O)C1Cc2ccccc2C(O)N1c1ccc([N+](=O)[O-])cc1. The van der Waals surface area contributed by atoms with E-state index in [0.717, 1.165) is 5.56 Å². The number of ether oxygens (including phenoxy) is 1. The Morgan fingerprint density at radius 2 is 1.92 bits per heavy atom. The van der Waals surface area contributed by atoms with Crippen LogP contribution in [0.1, 0.15) is 17.4 Å². The van der Waals surface area contributed by atoms with Crippen molar-refractivity contribution in [3.8, 4) is 0 Å². The Morgan fingerprint density at radius 1 is 1.25 bits per heavy atom. The molecule has 0 fully saturated rings. The van der Waals surface area contributed by atoms with Gasteiger partial charge < -0.3 is 14.7 Å². The Bertz CT molecular complexity index is 775. The molecule has 0 amide bonds. The first-order chi connectivity index (χ1) is 11.5. The van der Waals surface area contributed by atoms with E-state index in [0.29, 0.717) is 17.7 Å². The lowest BCUT2D eigenvalue weighted by molar-refractivity contribution is -0.384. The second-order valence-electron chi connectivity index (χ2n) is 5.50. The highest BCUT2D eigenvalue weighted by atomic mass is 16.6. The number of aliphatic hydroxyl groups excluding tert-OH is 1. The van der Waals surface area contributed by atoms with E-state index in [1.807, 2.05) is 18.2 Å². The minimum absolute atomic E-state index is 0.0553. The van der Waals surface area contributed by atoms with Crippen LogP contribution < -0.4 is 4.90 Å². The average Bonchev–Trinajstić information content (AvgIpc) is 2.61. The normalized spacial score (nSPS) is 19.5. The summed E-state index contributed by atoms with van der Waals surface area (Å²) >= 11 is 0. The van der Waals surface area contributed by atoms with Crippen LogP contribution in [-0.2, 0) is 16.0 Å². The molecule has 1 N–H and O–H groups in total. The van der Waals surface area contributed by atoms with Crippen molar-refractivity contribution in [2.75, 3.05) is 12.0 Å². The van der Waals surface area contributed by atoms with E-state index >= 15 is 0 Å². The number of nitrogens with zero attached hydrogens (tertiary/aromatic N) is 2. The molecule has 2 atom stereocenters. The molecule has 7 nitrogen and oxygen atoms in total. The summed E-state index contributed by atoms with van der Waals surface area (Å²) in [6, 6.07) is 12.3. The highest BCUT2D eigenvalue weighted by Gasteiger charge is 2.38. The van der Waals surface area contributed by atoms with Crippen LogP contribution in [0.3, 0.4) is 0 Å². The fourth-order valence-electron chi connectivity index (χ4n) is 3.00. The molecule has 0 saturated carbocycles. The molecule has 2 aromatic rings. The number of hydrogen-bond donors (Lipinski definition) is 1. The van der Waals surface area contributed by atoms with Gasteiger partial charge in [-0.2, -0.15) is 0 Å². The van der Waals surface area contributed by atoms with Gasteiger partial charge in [0.15, 0.2) is 6.23 Å². The number of fused-ring (bicyclic) bond motifs is 1. The molecule has 24 heavy (non-hydrogen) atoms. The lowest BCUT2D eigenvalue weighted by atomic mass is 9.92. The fourth-order valence-corrected chi connectivity index (χ4v) is 3.00. The monoisotopic (exact) mass is 328 g/mol. The van der Waals surface area contributed by atoms with E-state index < -0.39 is 23.2 Å². The van der Waals surface area contributed by atoms with Gasteiger partial charge in [0.25, 0.3) is 5.69 Å². The lowest BCUT2D eigenvalue weighted by Crippen LogP contribution is -2.49. The predicted molar refractivity (Wildman–Crippen MR) is 86.5 cm³/mol. The summed E-state index contributed by atoms with van der Waals surface area (Å²) in [4.78, 5) is 24.0. The largest absolute Gasteiger partial charge is 0.467 e. The molecule has 2 unspecified atom stereocenters. The third kappa shape index (κ3) is 2.69. The van der Waals surface area contributed by atoms with Gasteiger partial charge >= 0.3 is 5.97 Å². The zero-order valence-corrected chi connectivity index (χ0v) is 13.0. The van der Waals surface area contributed by atoms with Gasteiger partial charge in [-0.15, -0.1) is 0 Å². The van der Waals surface area contributed by atoms with Crippen LogP contribution >= 0.6 is 0 Å². The summed E-state index contributed by atoms with van der Waals surface area (Å²) in [5, 5.41) is 21.6. The van der Waals surface area contributed by atoms with Gasteiger partial charge in [0.05, 0.1) is 12.0 Å². The Balaban J connectivity index is 2.04.